The van der Waals surface area contributed by atoms with E-state index in [1.54, 1.807) is 12.1 Å². The van der Waals surface area contributed by atoms with Gasteiger partial charge in [-0.1, -0.05) is 0 Å². The zero-order valence-corrected chi connectivity index (χ0v) is 10.6. The number of hydrogen-bond donors (Lipinski definition) is 2. The van der Waals surface area contributed by atoms with Crippen molar-refractivity contribution in [3.05, 3.63) is 24.0 Å². The molecule has 17 heavy (non-hydrogen) atoms. The maximum Gasteiger partial charge on any atom is 0.167 e. The Hall–Kier alpha value is -1.29. The standard InChI is InChI=1S/C13H20FNO2/c1-4-17-12-6-5-10(9-11(12)14)15-13(2,3)7-8-16/h5-6,9,15-16H,4,7-8H2,1-3H3. The molecule has 0 saturated heterocycles. The maximum absolute atomic E-state index is 13.6. The van der Waals surface area contributed by atoms with E-state index in [1.807, 2.05) is 20.8 Å². The van der Waals surface area contributed by atoms with Gasteiger partial charge in [0.05, 0.1) is 6.61 Å². The van der Waals surface area contributed by atoms with E-state index in [1.165, 1.54) is 6.07 Å². The first-order valence-corrected chi connectivity index (χ1v) is 5.80. The Morgan fingerprint density at radius 1 is 1.41 bits per heavy atom. The summed E-state index contributed by atoms with van der Waals surface area (Å²) in [5.41, 5.74) is 0.415. The van der Waals surface area contributed by atoms with Gasteiger partial charge in [-0.25, -0.2) is 4.39 Å². The third kappa shape index (κ3) is 4.23. The lowest BCUT2D eigenvalue weighted by molar-refractivity contribution is 0.261. The summed E-state index contributed by atoms with van der Waals surface area (Å²) in [7, 11) is 0. The van der Waals surface area contributed by atoms with Gasteiger partial charge in [-0.15, -0.1) is 0 Å². The normalized spacial score (nSPS) is 11.4. The second-order valence-corrected chi connectivity index (χ2v) is 4.56. The van der Waals surface area contributed by atoms with Crippen LogP contribution in [0.3, 0.4) is 0 Å². The molecule has 2 N–H and O–H groups in total. The van der Waals surface area contributed by atoms with Gasteiger partial charge in [0, 0.05) is 23.9 Å². The first-order chi connectivity index (χ1) is 7.98. The summed E-state index contributed by atoms with van der Waals surface area (Å²) in [6.45, 7) is 6.27. The summed E-state index contributed by atoms with van der Waals surface area (Å²) in [5, 5.41) is 12.1. The van der Waals surface area contributed by atoms with Crippen molar-refractivity contribution in [1.29, 1.82) is 0 Å². The summed E-state index contributed by atoms with van der Waals surface area (Å²) < 4.78 is 18.7. The van der Waals surface area contributed by atoms with Gasteiger partial charge in [-0.3, -0.25) is 0 Å². The molecular formula is C13H20FNO2. The molecule has 0 atom stereocenters. The number of benzene rings is 1. The van der Waals surface area contributed by atoms with Crippen LogP contribution in [-0.2, 0) is 0 Å². The summed E-state index contributed by atoms with van der Waals surface area (Å²) in [6.07, 6.45) is 0.599. The van der Waals surface area contributed by atoms with E-state index in [2.05, 4.69) is 5.32 Å². The van der Waals surface area contributed by atoms with Gasteiger partial charge < -0.3 is 15.2 Å². The molecule has 0 aromatic heterocycles. The number of hydrogen-bond acceptors (Lipinski definition) is 3. The molecule has 0 unspecified atom stereocenters. The fraction of sp³-hybridized carbons (Fsp3) is 0.538. The molecule has 0 aliphatic carbocycles. The Bertz CT molecular complexity index is 366. The molecular weight excluding hydrogens is 221 g/mol. The van der Waals surface area contributed by atoms with Crippen molar-refractivity contribution in [3.8, 4) is 5.75 Å². The molecule has 0 heterocycles. The highest BCUT2D eigenvalue weighted by Gasteiger charge is 2.17. The van der Waals surface area contributed by atoms with E-state index in [-0.39, 0.29) is 23.7 Å². The van der Waals surface area contributed by atoms with E-state index < -0.39 is 0 Å². The first kappa shape index (κ1) is 13.8. The highest BCUT2D eigenvalue weighted by molar-refractivity contribution is 5.48. The van der Waals surface area contributed by atoms with Gasteiger partial charge in [0.15, 0.2) is 11.6 Å². The van der Waals surface area contributed by atoms with Crippen LogP contribution in [0.25, 0.3) is 0 Å². The first-order valence-electron chi connectivity index (χ1n) is 5.80. The van der Waals surface area contributed by atoms with Crippen LogP contribution in [-0.4, -0.2) is 23.9 Å². The van der Waals surface area contributed by atoms with E-state index in [9.17, 15) is 4.39 Å². The smallest absolute Gasteiger partial charge is 0.167 e. The van der Waals surface area contributed by atoms with Crippen LogP contribution in [0, 0.1) is 5.82 Å². The number of nitrogens with one attached hydrogen (secondary N) is 1. The van der Waals surface area contributed by atoms with E-state index in [0.29, 0.717) is 18.7 Å². The third-order valence-electron chi connectivity index (χ3n) is 2.45. The Kier molecular flexibility index (Phi) is 4.75. The largest absolute Gasteiger partial charge is 0.491 e. The molecule has 1 rings (SSSR count). The molecule has 0 aliphatic rings. The molecule has 1 aromatic carbocycles. The molecule has 0 spiro atoms. The van der Waals surface area contributed by atoms with Crippen molar-refractivity contribution in [3.63, 3.8) is 0 Å². The van der Waals surface area contributed by atoms with Crippen LogP contribution < -0.4 is 10.1 Å². The number of anilines is 1. The van der Waals surface area contributed by atoms with E-state index in [4.69, 9.17) is 9.84 Å². The van der Waals surface area contributed by atoms with Gasteiger partial charge in [-0.2, -0.15) is 0 Å². The lowest BCUT2D eigenvalue weighted by atomic mass is 10.0. The maximum atomic E-state index is 13.6. The van der Waals surface area contributed by atoms with Crippen molar-refractivity contribution >= 4 is 5.69 Å². The molecule has 0 aliphatic heterocycles. The average Bonchev–Trinajstić information content (AvgIpc) is 2.21. The quantitative estimate of drug-likeness (QED) is 0.804. The zero-order valence-electron chi connectivity index (χ0n) is 10.6. The predicted molar refractivity (Wildman–Crippen MR) is 67.0 cm³/mol. The topological polar surface area (TPSA) is 41.5 Å². The third-order valence-corrected chi connectivity index (χ3v) is 2.45. The molecule has 0 radical (unpaired) electrons. The molecule has 0 bridgehead atoms. The zero-order chi connectivity index (χ0) is 12.9. The molecule has 0 saturated carbocycles. The van der Waals surface area contributed by atoms with Gasteiger partial charge in [-0.05, 0) is 39.3 Å². The van der Waals surface area contributed by atoms with Crippen LogP contribution in [0.5, 0.6) is 5.75 Å². The van der Waals surface area contributed by atoms with E-state index in [0.717, 1.165) is 0 Å². The summed E-state index contributed by atoms with van der Waals surface area (Å²) in [5.74, 6) is -0.116. The molecule has 0 fully saturated rings. The average molecular weight is 241 g/mol. The van der Waals surface area contributed by atoms with Gasteiger partial charge in [0.2, 0.25) is 0 Å². The minimum Gasteiger partial charge on any atom is -0.491 e. The van der Waals surface area contributed by atoms with Crippen LogP contribution in [0.4, 0.5) is 10.1 Å². The van der Waals surface area contributed by atoms with Crippen molar-refractivity contribution in [2.24, 2.45) is 0 Å². The minimum atomic E-state index is -0.378. The van der Waals surface area contributed by atoms with Gasteiger partial charge in [0.25, 0.3) is 0 Å². The number of aliphatic hydroxyl groups excluding tert-OH is 1. The van der Waals surface area contributed by atoms with Crippen molar-refractivity contribution in [2.45, 2.75) is 32.7 Å². The predicted octanol–water partition coefficient (Wildman–Crippen LogP) is 2.80. The monoisotopic (exact) mass is 241 g/mol. The summed E-state index contributed by atoms with van der Waals surface area (Å²) in [6, 6.07) is 4.79. The van der Waals surface area contributed by atoms with Crippen molar-refractivity contribution in [1.82, 2.24) is 0 Å². The molecule has 1 aromatic rings. The highest BCUT2D eigenvalue weighted by Crippen LogP contribution is 2.24. The SMILES string of the molecule is CCOc1ccc(NC(C)(C)CCO)cc1F. The summed E-state index contributed by atoms with van der Waals surface area (Å²) in [4.78, 5) is 0. The lowest BCUT2D eigenvalue weighted by Gasteiger charge is -2.26. The Morgan fingerprint density at radius 3 is 2.65 bits per heavy atom. The Morgan fingerprint density at radius 2 is 2.12 bits per heavy atom. The lowest BCUT2D eigenvalue weighted by Crippen LogP contribution is -2.31. The van der Waals surface area contributed by atoms with Crippen LogP contribution in [0.2, 0.25) is 0 Å². The Labute approximate surface area is 102 Å². The minimum absolute atomic E-state index is 0.0967. The fourth-order valence-electron chi connectivity index (χ4n) is 1.58. The Balaban J connectivity index is 2.76. The second kappa shape index (κ2) is 5.87. The molecule has 3 nitrogen and oxygen atoms in total. The van der Waals surface area contributed by atoms with Crippen molar-refractivity contribution in [2.75, 3.05) is 18.5 Å². The summed E-state index contributed by atoms with van der Waals surface area (Å²) >= 11 is 0. The van der Waals surface area contributed by atoms with Crippen LogP contribution >= 0.6 is 0 Å². The molecule has 4 heteroatoms. The van der Waals surface area contributed by atoms with Crippen LogP contribution in [0.15, 0.2) is 18.2 Å². The number of halogens is 1. The van der Waals surface area contributed by atoms with Gasteiger partial charge in [0.1, 0.15) is 0 Å². The fourth-order valence-corrected chi connectivity index (χ4v) is 1.58. The van der Waals surface area contributed by atoms with E-state index >= 15 is 0 Å². The highest BCUT2D eigenvalue weighted by atomic mass is 19.1. The molecule has 0 amide bonds. The number of ether oxygens (including phenoxy) is 1. The number of aliphatic hydroxyl groups is 1. The molecule has 96 valence electrons. The van der Waals surface area contributed by atoms with Gasteiger partial charge >= 0.3 is 0 Å². The second-order valence-electron chi connectivity index (χ2n) is 4.56. The van der Waals surface area contributed by atoms with Crippen LogP contribution in [0.1, 0.15) is 27.2 Å². The van der Waals surface area contributed by atoms with Crippen molar-refractivity contribution < 1.29 is 14.2 Å². The number of rotatable bonds is 6.